The van der Waals surface area contributed by atoms with Crippen molar-refractivity contribution in [2.24, 2.45) is 5.73 Å². The standard InChI is InChI=1S/C12H15BrN2O/c1-9(13)8-15-12(16)11(14)7-10-5-3-2-4-6-10/h2-6,11H,1,7-8,14H2,(H,15,16). The summed E-state index contributed by atoms with van der Waals surface area (Å²) in [5.74, 6) is -0.163. The van der Waals surface area contributed by atoms with Gasteiger partial charge in [-0.25, -0.2) is 0 Å². The van der Waals surface area contributed by atoms with Gasteiger partial charge in [0.25, 0.3) is 0 Å². The molecular formula is C12H15BrN2O. The number of benzene rings is 1. The van der Waals surface area contributed by atoms with Crippen LogP contribution in [0.15, 0.2) is 41.4 Å². The SMILES string of the molecule is C=C(Br)CNC(=O)C(N)Cc1ccccc1. The number of carbonyl (C=O) groups is 1. The monoisotopic (exact) mass is 282 g/mol. The minimum Gasteiger partial charge on any atom is -0.350 e. The summed E-state index contributed by atoms with van der Waals surface area (Å²) in [5.41, 5.74) is 6.84. The molecule has 1 aromatic carbocycles. The third-order valence-electron chi connectivity index (χ3n) is 2.09. The summed E-state index contributed by atoms with van der Waals surface area (Å²) < 4.78 is 0.729. The number of halogens is 1. The molecule has 16 heavy (non-hydrogen) atoms. The molecule has 0 saturated heterocycles. The highest BCUT2D eigenvalue weighted by Gasteiger charge is 2.13. The van der Waals surface area contributed by atoms with Gasteiger partial charge in [0.1, 0.15) is 0 Å². The molecule has 0 aliphatic rings. The van der Waals surface area contributed by atoms with Crippen LogP contribution in [-0.4, -0.2) is 18.5 Å². The zero-order chi connectivity index (χ0) is 12.0. The molecule has 0 spiro atoms. The van der Waals surface area contributed by atoms with E-state index in [2.05, 4.69) is 27.8 Å². The third kappa shape index (κ3) is 4.59. The molecule has 0 radical (unpaired) electrons. The zero-order valence-electron chi connectivity index (χ0n) is 8.95. The van der Waals surface area contributed by atoms with E-state index in [1.165, 1.54) is 0 Å². The van der Waals surface area contributed by atoms with Crippen LogP contribution in [0, 0.1) is 0 Å². The molecule has 4 heteroatoms. The van der Waals surface area contributed by atoms with Crippen molar-refractivity contribution in [3.8, 4) is 0 Å². The number of rotatable bonds is 5. The lowest BCUT2D eigenvalue weighted by atomic mass is 10.1. The molecule has 1 rings (SSSR count). The van der Waals surface area contributed by atoms with E-state index in [0.29, 0.717) is 13.0 Å². The van der Waals surface area contributed by atoms with Gasteiger partial charge in [-0.1, -0.05) is 52.8 Å². The Kier molecular flexibility index (Phi) is 5.22. The lowest BCUT2D eigenvalue weighted by Crippen LogP contribution is -2.42. The van der Waals surface area contributed by atoms with Crippen LogP contribution in [0.4, 0.5) is 0 Å². The number of nitrogens with one attached hydrogen (secondary N) is 1. The molecule has 0 heterocycles. The van der Waals surface area contributed by atoms with E-state index >= 15 is 0 Å². The minimum atomic E-state index is -0.519. The van der Waals surface area contributed by atoms with Gasteiger partial charge < -0.3 is 11.1 Å². The van der Waals surface area contributed by atoms with Crippen LogP contribution in [0.1, 0.15) is 5.56 Å². The largest absolute Gasteiger partial charge is 0.350 e. The molecule has 3 nitrogen and oxygen atoms in total. The summed E-state index contributed by atoms with van der Waals surface area (Å²) in [6.07, 6.45) is 0.543. The number of hydrogen-bond acceptors (Lipinski definition) is 2. The van der Waals surface area contributed by atoms with E-state index in [1.54, 1.807) is 0 Å². The average molecular weight is 283 g/mol. The predicted octanol–water partition coefficient (Wildman–Crippen LogP) is 1.58. The van der Waals surface area contributed by atoms with Crippen LogP contribution in [0.3, 0.4) is 0 Å². The fraction of sp³-hybridized carbons (Fsp3) is 0.250. The molecule has 86 valence electrons. The summed E-state index contributed by atoms with van der Waals surface area (Å²) in [5, 5.41) is 2.69. The lowest BCUT2D eigenvalue weighted by molar-refractivity contribution is -0.122. The first-order chi connectivity index (χ1) is 7.59. The Labute approximate surface area is 104 Å². The van der Waals surface area contributed by atoms with Crippen molar-refractivity contribution >= 4 is 21.8 Å². The van der Waals surface area contributed by atoms with Gasteiger partial charge in [-0.05, 0) is 12.0 Å². The van der Waals surface area contributed by atoms with E-state index < -0.39 is 6.04 Å². The van der Waals surface area contributed by atoms with Crippen molar-refractivity contribution in [2.75, 3.05) is 6.54 Å². The molecule has 0 bridgehead atoms. The van der Waals surface area contributed by atoms with E-state index in [4.69, 9.17) is 5.73 Å². The Bertz CT molecular complexity index is 365. The van der Waals surface area contributed by atoms with E-state index in [0.717, 1.165) is 10.0 Å². The summed E-state index contributed by atoms with van der Waals surface area (Å²) in [4.78, 5) is 11.6. The second kappa shape index (κ2) is 6.45. The fourth-order valence-electron chi connectivity index (χ4n) is 1.27. The lowest BCUT2D eigenvalue weighted by Gasteiger charge is -2.11. The average Bonchev–Trinajstić information content (AvgIpc) is 2.27. The third-order valence-corrected chi connectivity index (χ3v) is 2.37. The second-order valence-electron chi connectivity index (χ2n) is 3.53. The van der Waals surface area contributed by atoms with Crippen molar-refractivity contribution in [3.63, 3.8) is 0 Å². The molecule has 3 N–H and O–H groups in total. The minimum absolute atomic E-state index is 0.163. The van der Waals surface area contributed by atoms with Gasteiger partial charge >= 0.3 is 0 Å². The van der Waals surface area contributed by atoms with Crippen LogP contribution < -0.4 is 11.1 Å². The summed E-state index contributed by atoms with van der Waals surface area (Å²) in [7, 11) is 0. The highest BCUT2D eigenvalue weighted by molar-refractivity contribution is 9.11. The molecule has 1 amide bonds. The Morgan fingerprint density at radius 2 is 2.06 bits per heavy atom. The van der Waals surface area contributed by atoms with Crippen molar-refractivity contribution in [3.05, 3.63) is 47.0 Å². The highest BCUT2D eigenvalue weighted by atomic mass is 79.9. The van der Waals surface area contributed by atoms with E-state index in [9.17, 15) is 4.79 Å². The molecule has 0 aliphatic carbocycles. The predicted molar refractivity (Wildman–Crippen MR) is 69.2 cm³/mol. The van der Waals surface area contributed by atoms with Crippen LogP contribution >= 0.6 is 15.9 Å². The summed E-state index contributed by atoms with van der Waals surface area (Å²) in [6.45, 7) is 4.04. The van der Waals surface area contributed by atoms with Crippen LogP contribution in [0.5, 0.6) is 0 Å². The Balaban J connectivity index is 2.43. The Morgan fingerprint density at radius 3 is 2.62 bits per heavy atom. The molecule has 0 saturated carbocycles. The van der Waals surface area contributed by atoms with Gasteiger partial charge in [0.05, 0.1) is 6.04 Å². The smallest absolute Gasteiger partial charge is 0.237 e. The van der Waals surface area contributed by atoms with Crippen molar-refractivity contribution < 1.29 is 4.79 Å². The van der Waals surface area contributed by atoms with Gasteiger partial charge in [-0.2, -0.15) is 0 Å². The molecule has 1 unspecified atom stereocenters. The first kappa shape index (κ1) is 12.9. The van der Waals surface area contributed by atoms with Gasteiger partial charge in [0, 0.05) is 11.0 Å². The molecule has 0 aromatic heterocycles. The normalized spacial score (nSPS) is 11.9. The number of nitrogens with two attached hydrogens (primary N) is 1. The van der Waals surface area contributed by atoms with E-state index in [-0.39, 0.29) is 5.91 Å². The Morgan fingerprint density at radius 1 is 1.44 bits per heavy atom. The number of carbonyl (C=O) groups excluding carboxylic acids is 1. The molecule has 0 fully saturated rings. The molecule has 1 aromatic rings. The summed E-state index contributed by atoms with van der Waals surface area (Å²) >= 11 is 3.17. The molecular weight excluding hydrogens is 268 g/mol. The quantitative estimate of drug-likeness (QED) is 0.862. The maximum absolute atomic E-state index is 11.6. The zero-order valence-corrected chi connectivity index (χ0v) is 10.5. The van der Waals surface area contributed by atoms with Gasteiger partial charge in [0.2, 0.25) is 5.91 Å². The van der Waals surface area contributed by atoms with Crippen LogP contribution in [0.2, 0.25) is 0 Å². The highest BCUT2D eigenvalue weighted by Crippen LogP contribution is 2.02. The van der Waals surface area contributed by atoms with Gasteiger partial charge in [-0.15, -0.1) is 0 Å². The molecule has 1 atom stereocenters. The van der Waals surface area contributed by atoms with Crippen molar-refractivity contribution in [1.82, 2.24) is 5.32 Å². The maximum atomic E-state index is 11.6. The first-order valence-electron chi connectivity index (χ1n) is 5.00. The maximum Gasteiger partial charge on any atom is 0.237 e. The van der Waals surface area contributed by atoms with Crippen LogP contribution in [0.25, 0.3) is 0 Å². The summed E-state index contributed by atoms with van der Waals surface area (Å²) in [6, 6.07) is 9.19. The van der Waals surface area contributed by atoms with Crippen LogP contribution in [-0.2, 0) is 11.2 Å². The Hall–Kier alpha value is -1.13. The fourth-order valence-corrected chi connectivity index (χ4v) is 1.42. The van der Waals surface area contributed by atoms with Crippen molar-refractivity contribution in [1.29, 1.82) is 0 Å². The second-order valence-corrected chi connectivity index (χ2v) is 4.65. The van der Waals surface area contributed by atoms with Crippen molar-refractivity contribution in [2.45, 2.75) is 12.5 Å². The van der Waals surface area contributed by atoms with Gasteiger partial charge in [0.15, 0.2) is 0 Å². The van der Waals surface area contributed by atoms with Gasteiger partial charge in [-0.3, -0.25) is 4.79 Å². The molecule has 0 aliphatic heterocycles. The number of amides is 1. The van der Waals surface area contributed by atoms with E-state index in [1.807, 2.05) is 30.3 Å². The topological polar surface area (TPSA) is 55.1 Å². The number of hydrogen-bond donors (Lipinski definition) is 2. The first-order valence-corrected chi connectivity index (χ1v) is 5.79.